The van der Waals surface area contributed by atoms with E-state index in [2.05, 4.69) is 6.92 Å². The first kappa shape index (κ1) is 11.9. The Morgan fingerprint density at radius 2 is 2.00 bits per heavy atom. The molecular formula is C8H19BO3. The average Bonchev–Trinajstić information content (AvgIpc) is 2.05. The quantitative estimate of drug-likeness (QED) is 0.348. The largest absolute Gasteiger partial charge is 0.455 e. The fourth-order valence-electron chi connectivity index (χ4n) is 0.915. The summed E-state index contributed by atoms with van der Waals surface area (Å²) in [5.41, 5.74) is 0. The zero-order valence-corrected chi connectivity index (χ0v) is 7.99. The van der Waals surface area contributed by atoms with E-state index in [9.17, 15) is 5.02 Å². The molecule has 0 fully saturated rings. The molecule has 0 aromatic rings. The molecule has 0 amide bonds. The lowest BCUT2D eigenvalue weighted by molar-refractivity contribution is -0.0338. The molecule has 0 bridgehead atoms. The molecular weight excluding hydrogens is 155 g/mol. The van der Waals surface area contributed by atoms with Crippen LogP contribution in [0.25, 0.3) is 0 Å². The van der Waals surface area contributed by atoms with Gasteiger partial charge in [0, 0.05) is 0 Å². The Bertz CT molecular complexity index is 100. The number of unbranched alkanes of at least 4 members (excludes halogenated alkanes) is 2. The molecule has 0 aliphatic heterocycles. The predicted octanol–water partition coefficient (Wildman–Crippen LogP) is 1.40. The highest BCUT2D eigenvalue weighted by atomic mass is 16.6. The second-order valence-electron chi connectivity index (χ2n) is 2.95. The molecule has 0 rings (SSSR count). The van der Waals surface area contributed by atoms with Crippen LogP contribution < -0.4 is 0 Å². The molecule has 4 heteroatoms. The monoisotopic (exact) mass is 174 g/mol. The van der Waals surface area contributed by atoms with Crippen LogP contribution in [0.15, 0.2) is 0 Å². The highest BCUT2D eigenvalue weighted by molar-refractivity contribution is 6.42. The summed E-state index contributed by atoms with van der Waals surface area (Å²) in [7, 11) is -0.800. The molecule has 0 aromatic heterocycles. The maximum atomic E-state index is 9.20. The molecule has 12 heavy (non-hydrogen) atoms. The first-order valence-electron chi connectivity index (χ1n) is 4.72. The van der Waals surface area contributed by atoms with E-state index in [0.29, 0.717) is 12.7 Å². The Kier molecular flexibility index (Phi) is 7.55. The van der Waals surface area contributed by atoms with Crippen LogP contribution in [0.1, 0.15) is 39.5 Å². The molecule has 0 radical (unpaired) electrons. The summed E-state index contributed by atoms with van der Waals surface area (Å²) < 4.78 is 4.86. The molecule has 0 aliphatic carbocycles. The van der Waals surface area contributed by atoms with Gasteiger partial charge in [0.25, 0.3) is 0 Å². The lowest BCUT2D eigenvalue weighted by atomic mass is 9.82. The van der Waals surface area contributed by atoms with E-state index in [-0.39, 0.29) is 0 Å². The van der Waals surface area contributed by atoms with Gasteiger partial charge in [-0.1, -0.05) is 33.1 Å². The van der Waals surface area contributed by atoms with Gasteiger partial charge in [0.15, 0.2) is 0 Å². The van der Waals surface area contributed by atoms with Gasteiger partial charge in [-0.05, 0) is 12.7 Å². The van der Waals surface area contributed by atoms with Gasteiger partial charge in [0.2, 0.25) is 0 Å². The fraction of sp³-hybridized carbons (Fsp3) is 1.00. The van der Waals surface area contributed by atoms with Crippen LogP contribution in [0, 0.1) is 0 Å². The Labute approximate surface area is 74.9 Å². The van der Waals surface area contributed by atoms with Crippen LogP contribution in [-0.2, 0) is 4.65 Å². The van der Waals surface area contributed by atoms with Gasteiger partial charge in [-0.15, -0.1) is 0 Å². The van der Waals surface area contributed by atoms with E-state index in [1.165, 1.54) is 0 Å². The molecule has 0 aromatic carbocycles. The van der Waals surface area contributed by atoms with Crippen molar-refractivity contribution >= 4 is 7.12 Å². The Morgan fingerprint density at radius 3 is 2.50 bits per heavy atom. The lowest BCUT2D eigenvalue weighted by Gasteiger charge is -2.12. The average molecular weight is 174 g/mol. The van der Waals surface area contributed by atoms with Crippen LogP contribution in [0.2, 0.25) is 6.32 Å². The van der Waals surface area contributed by atoms with Gasteiger partial charge in [0.05, 0.1) is 0 Å². The minimum Gasteiger partial charge on any atom is -0.427 e. The molecule has 1 atom stereocenters. The molecule has 1 unspecified atom stereocenters. The minimum absolute atomic E-state index is 0.519. The van der Waals surface area contributed by atoms with E-state index < -0.39 is 13.4 Å². The number of aliphatic hydroxyl groups excluding tert-OH is 1. The van der Waals surface area contributed by atoms with E-state index in [4.69, 9.17) is 9.76 Å². The maximum Gasteiger partial charge on any atom is 0.455 e. The van der Waals surface area contributed by atoms with E-state index in [1.807, 2.05) is 6.92 Å². The minimum atomic E-state index is -0.818. The van der Waals surface area contributed by atoms with Crippen LogP contribution in [0.4, 0.5) is 0 Å². The Balaban J connectivity index is 3.26. The summed E-state index contributed by atoms with van der Waals surface area (Å²) in [6.07, 6.45) is 3.50. The summed E-state index contributed by atoms with van der Waals surface area (Å²) in [5.74, 6) is 0. The van der Waals surface area contributed by atoms with Crippen molar-refractivity contribution in [3.63, 3.8) is 0 Å². The summed E-state index contributed by atoms with van der Waals surface area (Å²) in [6.45, 7) is 3.91. The van der Waals surface area contributed by atoms with Gasteiger partial charge in [-0.2, -0.15) is 0 Å². The standard InChI is InChI=1S/C8H19BO3/c1-3-5-6-7-9(11)12-8(10)4-2/h8,10-11H,3-7H2,1-2H3. The normalized spacial score (nSPS) is 13.0. The van der Waals surface area contributed by atoms with Crippen molar-refractivity contribution < 1.29 is 14.8 Å². The summed E-state index contributed by atoms with van der Waals surface area (Å²) in [6, 6.07) is 0. The van der Waals surface area contributed by atoms with Gasteiger partial charge in [-0.3, -0.25) is 0 Å². The molecule has 0 saturated carbocycles. The summed E-state index contributed by atoms with van der Waals surface area (Å²) >= 11 is 0. The van der Waals surface area contributed by atoms with Gasteiger partial charge in [-0.25, -0.2) is 0 Å². The van der Waals surface area contributed by atoms with E-state index in [0.717, 1.165) is 19.3 Å². The first-order chi connectivity index (χ1) is 5.70. The molecule has 0 spiro atoms. The second kappa shape index (κ2) is 7.59. The van der Waals surface area contributed by atoms with Crippen LogP contribution in [0.5, 0.6) is 0 Å². The van der Waals surface area contributed by atoms with Crippen molar-refractivity contribution in [1.29, 1.82) is 0 Å². The van der Waals surface area contributed by atoms with Crippen molar-refractivity contribution in [2.75, 3.05) is 0 Å². The van der Waals surface area contributed by atoms with Gasteiger partial charge < -0.3 is 14.8 Å². The van der Waals surface area contributed by atoms with Crippen LogP contribution in [-0.4, -0.2) is 23.5 Å². The number of hydrogen-bond acceptors (Lipinski definition) is 3. The summed E-state index contributed by atoms with van der Waals surface area (Å²) in [4.78, 5) is 0. The van der Waals surface area contributed by atoms with Crippen molar-refractivity contribution in [3.8, 4) is 0 Å². The van der Waals surface area contributed by atoms with Crippen molar-refractivity contribution in [2.45, 2.75) is 52.1 Å². The zero-order chi connectivity index (χ0) is 9.40. The zero-order valence-electron chi connectivity index (χ0n) is 7.99. The van der Waals surface area contributed by atoms with Crippen molar-refractivity contribution in [2.24, 2.45) is 0 Å². The predicted molar refractivity (Wildman–Crippen MR) is 49.7 cm³/mol. The Morgan fingerprint density at radius 1 is 1.33 bits per heavy atom. The third kappa shape index (κ3) is 6.64. The smallest absolute Gasteiger partial charge is 0.427 e. The van der Waals surface area contributed by atoms with Gasteiger partial charge >= 0.3 is 7.12 Å². The number of hydrogen-bond donors (Lipinski definition) is 2. The molecule has 0 aliphatic rings. The molecule has 2 N–H and O–H groups in total. The molecule has 72 valence electrons. The van der Waals surface area contributed by atoms with Crippen molar-refractivity contribution in [3.05, 3.63) is 0 Å². The highest BCUT2D eigenvalue weighted by Gasteiger charge is 2.15. The third-order valence-electron chi connectivity index (χ3n) is 1.72. The number of rotatable bonds is 7. The van der Waals surface area contributed by atoms with E-state index >= 15 is 0 Å². The maximum absolute atomic E-state index is 9.20. The van der Waals surface area contributed by atoms with Gasteiger partial charge in [0.1, 0.15) is 6.29 Å². The molecule has 0 heterocycles. The second-order valence-corrected chi connectivity index (χ2v) is 2.95. The van der Waals surface area contributed by atoms with Crippen LogP contribution >= 0.6 is 0 Å². The molecule has 0 saturated heterocycles. The lowest BCUT2D eigenvalue weighted by Crippen LogP contribution is -2.24. The third-order valence-corrected chi connectivity index (χ3v) is 1.72. The number of aliphatic hydroxyl groups is 1. The topological polar surface area (TPSA) is 49.7 Å². The fourth-order valence-corrected chi connectivity index (χ4v) is 0.915. The van der Waals surface area contributed by atoms with Crippen molar-refractivity contribution in [1.82, 2.24) is 0 Å². The first-order valence-corrected chi connectivity index (χ1v) is 4.72. The summed E-state index contributed by atoms with van der Waals surface area (Å²) in [5, 5.41) is 18.2. The SMILES string of the molecule is CCCCCB(O)OC(O)CC. The van der Waals surface area contributed by atoms with Crippen LogP contribution in [0.3, 0.4) is 0 Å². The van der Waals surface area contributed by atoms with E-state index in [1.54, 1.807) is 0 Å². The Hall–Kier alpha value is -0.0551. The highest BCUT2D eigenvalue weighted by Crippen LogP contribution is 2.05. The molecule has 3 nitrogen and oxygen atoms in total.